The molecule has 0 saturated carbocycles. The molecule has 19 heavy (non-hydrogen) atoms. The first-order valence-electron chi connectivity index (χ1n) is 7.13. The molecular weight excluding hydrogens is 242 g/mol. The molecule has 1 aliphatic heterocycles. The Kier molecular flexibility index (Phi) is 5.30. The summed E-state index contributed by atoms with van der Waals surface area (Å²) in [6.45, 7) is 6.13. The summed E-state index contributed by atoms with van der Waals surface area (Å²) in [4.78, 5) is 4.35. The number of hydrogen-bond acceptors (Lipinski definition) is 5. The normalized spacial score (nSPS) is 21.2. The van der Waals surface area contributed by atoms with Gasteiger partial charge in [0.2, 0.25) is 0 Å². The quantitative estimate of drug-likeness (QED) is 0.566. The summed E-state index contributed by atoms with van der Waals surface area (Å²) in [5, 5.41) is 4.28. The second-order valence-electron chi connectivity index (χ2n) is 5.69. The number of rotatable bonds is 7. The first-order valence-corrected chi connectivity index (χ1v) is 7.13. The van der Waals surface area contributed by atoms with E-state index in [9.17, 15) is 0 Å². The molecule has 0 bridgehead atoms. The van der Waals surface area contributed by atoms with E-state index < -0.39 is 0 Å². The lowest BCUT2D eigenvalue weighted by atomic mass is 10.0. The molecule has 3 N–H and O–H groups in total. The highest BCUT2D eigenvalue weighted by molar-refractivity contribution is 4.91. The monoisotopic (exact) mass is 267 g/mol. The average molecular weight is 267 g/mol. The summed E-state index contributed by atoms with van der Waals surface area (Å²) in [5.74, 6) is 7.21. The van der Waals surface area contributed by atoms with Crippen LogP contribution in [0.2, 0.25) is 0 Å². The third-order valence-corrected chi connectivity index (χ3v) is 3.47. The fourth-order valence-electron chi connectivity index (χ4n) is 2.52. The molecule has 2 rings (SSSR count). The van der Waals surface area contributed by atoms with E-state index in [1.54, 1.807) is 6.33 Å². The van der Waals surface area contributed by atoms with Gasteiger partial charge in [-0.3, -0.25) is 11.3 Å². The van der Waals surface area contributed by atoms with Gasteiger partial charge in [0, 0.05) is 25.6 Å². The van der Waals surface area contributed by atoms with Gasteiger partial charge in [-0.1, -0.05) is 13.8 Å². The molecule has 0 aromatic carbocycles. The summed E-state index contributed by atoms with van der Waals surface area (Å²) < 4.78 is 7.64. The van der Waals surface area contributed by atoms with Crippen LogP contribution in [0.25, 0.3) is 0 Å². The largest absolute Gasteiger partial charge is 0.378 e. The van der Waals surface area contributed by atoms with Crippen LogP contribution < -0.4 is 11.3 Å². The van der Waals surface area contributed by atoms with Gasteiger partial charge < -0.3 is 4.74 Å². The van der Waals surface area contributed by atoms with Crippen LogP contribution in [0.3, 0.4) is 0 Å². The van der Waals surface area contributed by atoms with E-state index in [-0.39, 0.29) is 6.04 Å². The van der Waals surface area contributed by atoms with Crippen LogP contribution in [0.5, 0.6) is 0 Å². The highest BCUT2D eigenvalue weighted by Gasteiger charge is 2.21. The lowest BCUT2D eigenvalue weighted by molar-refractivity contribution is 0.0942. The van der Waals surface area contributed by atoms with Crippen molar-refractivity contribution in [3.63, 3.8) is 0 Å². The van der Waals surface area contributed by atoms with Crippen LogP contribution in [0.15, 0.2) is 6.33 Å². The number of hydrazine groups is 1. The predicted octanol–water partition coefficient (Wildman–Crippen LogP) is 0.878. The number of nitrogens with one attached hydrogen (secondary N) is 1. The molecular formula is C13H25N5O. The molecule has 108 valence electrons. The summed E-state index contributed by atoms with van der Waals surface area (Å²) in [5.41, 5.74) is 2.89. The summed E-state index contributed by atoms with van der Waals surface area (Å²) in [7, 11) is 0. The lowest BCUT2D eigenvalue weighted by Crippen LogP contribution is -2.40. The Morgan fingerprint density at radius 2 is 2.42 bits per heavy atom. The number of hydrogen-bond donors (Lipinski definition) is 2. The molecule has 1 aliphatic rings. The van der Waals surface area contributed by atoms with Crippen LogP contribution in [0.4, 0.5) is 0 Å². The average Bonchev–Trinajstić information content (AvgIpc) is 3.00. The van der Waals surface area contributed by atoms with E-state index in [0.717, 1.165) is 44.7 Å². The lowest BCUT2D eigenvalue weighted by Gasteiger charge is -2.19. The van der Waals surface area contributed by atoms with Gasteiger partial charge in [0.15, 0.2) is 0 Å². The fourth-order valence-corrected chi connectivity index (χ4v) is 2.52. The standard InChI is InChI=1S/C13H25N5O/c1-10(2)8-18-13(15-9-16-18)7-11(17-14)6-12-4-3-5-19-12/h9-12,17H,3-8,14H2,1-2H3. The Hall–Kier alpha value is -0.980. The molecule has 2 atom stereocenters. The van der Waals surface area contributed by atoms with Crippen LogP contribution >= 0.6 is 0 Å². The molecule has 6 heteroatoms. The van der Waals surface area contributed by atoms with Crippen molar-refractivity contribution in [2.24, 2.45) is 11.8 Å². The van der Waals surface area contributed by atoms with E-state index in [0.29, 0.717) is 12.0 Å². The Bertz CT molecular complexity index is 373. The molecule has 1 aromatic rings. The van der Waals surface area contributed by atoms with Crippen LogP contribution in [-0.2, 0) is 17.7 Å². The molecule has 1 aromatic heterocycles. The maximum absolute atomic E-state index is 5.66. The van der Waals surface area contributed by atoms with Crippen LogP contribution in [0.1, 0.15) is 38.9 Å². The SMILES string of the molecule is CC(C)Cn1ncnc1CC(CC1CCCO1)NN. The topological polar surface area (TPSA) is 78.0 Å². The van der Waals surface area contributed by atoms with E-state index in [4.69, 9.17) is 10.6 Å². The van der Waals surface area contributed by atoms with Gasteiger partial charge in [-0.15, -0.1) is 0 Å². The van der Waals surface area contributed by atoms with Gasteiger partial charge in [-0.25, -0.2) is 9.67 Å². The minimum Gasteiger partial charge on any atom is -0.378 e. The Balaban J connectivity index is 1.91. The van der Waals surface area contributed by atoms with Gasteiger partial charge in [0.1, 0.15) is 12.2 Å². The van der Waals surface area contributed by atoms with Crippen molar-refractivity contribution in [3.05, 3.63) is 12.2 Å². The zero-order chi connectivity index (χ0) is 13.7. The number of nitrogens with two attached hydrogens (primary N) is 1. The third kappa shape index (κ3) is 4.26. The number of aromatic nitrogens is 3. The van der Waals surface area contributed by atoms with E-state index in [1.165, 1.54) is 0 Å². The van der Waals surface area contributed by atoms with Gasteiger partial charge in [0.25, 0.3) is 0 Å². The molecule has 1 saturated heterocycles. The predicted molar refractivity (Wildman–Crippen MR) is 73.3 cm³/mol. The Morgan fingerprint density at radius 3 is 3.05 bits per heavy atom. The molecule has 2 unspecified atom stereocenters. The van der Waals surface area contributed by atoms with Gasteiger partial charge in [0.05, 0.1) is 6.10 Å². The number of ether oxygens (including phenoxy) is 1. The van der Waals surface area contributed by atoms with Crippen molar-refractivity contribution < 1.29 is 4.74 Å². The minimum atomic E-state index is 0.193. The molecule has 0 spiro atoms. The maximum Gasteiger partial charge on any atom is 0.138 e. The van der Waals surface area contributed by atoms with E-state index in [1.807, 2.05) is 4.68 Å². The number of nitrogens with zero attached hydrogens (tertiary/aromatic N) is 3. The summed E-state index contributed by atoms with van der Waals surface area (Å²) in [6, 6.07) is 0.193. The second kappa shape index (κ2) is 6.98. The molecule has 0 aliphatic carbocycles. The smallest absolute Gasteiger partial charge is 0.138 e. The molecule has 0 amide bonds. The molecule has 2 heterocycles. The van der Waals surface area contributed by atoms with Gasteiger partial charge >= 0.3 is 0 Å². The van der Waals surface area contributed by atoms with Crippen LogP contribution in [-0.4, -0.2) is 33.5 Å². The first kappa shape index (κ1) is 14.4. The maximum atomic E-state index is 5.66. The first-order chi connectivity index (χ1) is 9.19. The zero-order valence-electron chi connectivity index (χ0n) is 11.9. The fraction of sp³-hybridized carbons (Fsp3) is 0.846. The molecule has 1 fully saturated rings. The van der Waals surface area contributed by atoms with Crippen molar-refractivity contribution in [2.75, 3.05) is 6.61 Å². The van der Waals surface area contributed by atoms with Gasteiger partial charge in [-0.05, 0) is 25.2 Å². The Labute approximate surface area is 114 Å². The second-order valence-corrected chi connectivity index (χ2v) is 5.69. The summed E-state index contributed by atoms with van der Waals surface area (Å²) >= 11 is 0. The third-order valence-electron chi connectivity index (χ3n) is 3.47. The zero-order valence-corrected chi connectivity index (χ0v) is 11.9. The minimum absolute atomic E-state index is 0.193. The highest BCUT2D eigenvalue weighted by atomic mass is 16.5. The van der Waals surface area contributed by atoms with Crippen molar-refractivity contribution in [2.45, 2.75) is 58.2 Å². The molecule has 6 nitrogen and oxygen atoms in total. The van der Waals surface area contributed by atoms with Crippen molar-refractivity contribution in [1.29, 1.82) is 0 Å². The molecule has 0 radical (unpaired) electrons. The van der Waals surface area contributed by atoms with E-state index in [2.05, 4.69) is 29.4 Å². The highest BCUT2D eigenvalue weighted by Crippen LogP contribution is 2.18. The van der Waals surface area contributed by atoms with Crippen LogP contribution in [0, 0.1) is 5.92 Å². The van der Waals surface area contributed by atoms with Crippen molar-refractivity contribution in [3.8, 4) is 0 Å². The van der Waals surface area contributed by atoms with Crippen molar-refractivity contribution in [1.82, 2.24) is 20.2 Å². The van der Waals surface area contributed by atoms with E-state index >= 15 is 0 Å². The Morgan fingerprint density at radius 1 is 1.58 bits per heavy atom. The van der Waals surface area contributed by atoms with Crippen molar-refractivity contribution >= 4 is 0 Å². The van der Waals surface area contributed by atoms with Gasteiger partial charge in [-0.2, -0.15) is 5.10 Å². The summed E-state index contributed by atoms with van der Waals surface area (Å²) in [6.07, 6.45) is 5.98.